The number of likely N-dealkylation sites (tertiary alicyclic amines) is 1. The van der Waals surface area contributed by atoms with Gasteiger partial charge in [-0.1, -0.05) is 12.1 Å². The lowest BCUT2D eigenvalue weighted by Crippen LogP contribution is -2.41. The molecule has 4 rings (SSSR count). The third kappa shape index (κ3) is 5.07. The number of ether oxygens (including phenoxy) is 1. The quantitative estimate of drug-likeness (QED) is 0.750. The predicted octanol–water partition coefficient (Wildman–Crippen LogP) is 2.35. The van der Waals surface area contributed by atoms with Crippen LogP contribution in [-0.2, 0) is 16.0 Å². The van der Waals surface area contributed by atoms with Crippen molar-refractivity contribution in [2.24, 2.45) is 0 Å². The number of aromatic nitrogens is 2. The molecule has 7 nitrogen and oxygen atoms in total. The van der Waals surface area contributed by atoms with Crippen molar-refractivity contribution in [1.29, 1.82) is 0 Å². The van der Waals surface area contributed by atoms with Crippen molar-refractivity contribution in [1.82, 2.24) is 19.8 Å². The number of hydrogen-bond donors (Lipinski definition) is 0. The highest BCUT2D eigenvalue weighted by Crippen LogP contribution is 2.26. The molecule has 1 aromatic carbocycles. The molecule has 2 saturated heterocycles. The highest BCUT2D eigenvalue weighted by molar-refractivity contribution is 5.95. The Morgan fingerprint density at radius 1 is 1.13 bits per heavy atom. The number of morpholine rings is 1. The van der Waals surface area contributed by atoms with Crippen LogP contribution in [0.4, 0.5) is 4.39 Å². The van der Waals surface area contributed by atoms with E-state index in [2.05, 4.69) is 9.97 Å². The summed E-state index contributed by atoms with van der Waals surface area (Å²) in [6.07, 6.45) is 3.64. The van der Waals surface area contributed by atoms with Gasteiger partial charge < -0.3 is 14.5 Å². The van der Waals surface area contributed by atoms with Crippen molar-refractivity contribution < 1.29 is 18.7 Å². The van der Waals surface area contributed by atoms with E-state index in [4.69, 9.17) is 4.74 Å². The van der Waals surface area contributed by atoms with E-state index in [1.165, 1.54) is 12.1 Å². The molecule has 1 atom stereocenters. The number of hydrogen-bond acceptors (Lipinski definition) is 5. The molecule has 0 bridgehead atoms. The second-order valence-corrected chi connectivity index (χ2v) is 8.11. The summed E-state index contributed by atoms with van der Waals surface area (Å²) in [6.45, 7) is 5.33. The first kappa shape index (κ1) is 21.4. The predicted molar refractivity (Wildman–Crippen MR) is 112 cm³/mol. The Hall–Kier alpha value is -2.87. The number of benzene rings is 1. The molecule has 2 aliphatic rings. The van der Waals surface area contributed by atoms with E-state index in [0.29, 0.717) is 56.5 Å². The molecule has 0 unspecified atom stereocenters. The minimum Gasteiger partial charge on any atom is -0.378 e. The molecule has 0 radical (unpaired) electrons. The first-order chi connectivity index (χ1) is 15.0. The van der Waals surface area contributed by atoms with E-state index in [9.17, 15) is 14.0 Å². The maximum atomic E-state index is 13.1. The zero-order chi connectivity index (χ0) is 21.8. The lowest BCUT2D eigenvalue weighted by molar-refractivity contribution is -0.131. The molecule has 1 aromatic heterocycles. The third-order valence-corrected chi connectivity index (χ3v) is 5.93. The van der Waals surface area contributed by atoms with Crippen LogP contribution in [-0.4, -0.2) is 71.0 Å². The van der Waals surface area contributed by atoms with Crippen LogP contribution in [0.1, 0.15) is 46.2 Å². The molecule has 2 aliphatic heterocycles. The number of halogens is 1. The van der Waals surface area contributed by atoms with Gasteiger partial charge in [-0.3, -0.25) is 9.59 Å². The van der Waals surface area contributed by atoms with Crippen LogP contribution in [0, 0.1) is 12.7 Å². The van der Waals surface area contributed by atoms with Crippen molar-refractivity contribution in [2.75, 3.05) is 39.4 Å². The molecule has 2 fully saturated rings. The second kappa shape index (κ2) is 9.51. The van der Waals surface area contributed by atoms with E-state index in [1.54, 1.807) is 23.2 Å². The van der Waals surface area contributed by atoms with Crippen molar-refractivity contribution in [3.63, 3.8) is 0 Å². The number of carbonyl (C=O) groups excluding carboxylic acids is 2. The molecule has 0 N–H and O–H groups in total. The first-order valence-electron chi connectivity index (χ1n) is 10.7. The Morgan fingerprint density at radius 2 is 1.87 bits per heavy atom. The Bertz CT molecular complexity index is 944. The van der Waals surface area contributed by atoms with Crippen molar-refractivity contribution in [2.45, 2.75) is 32.1 Å². The summed E-state index contributed by atoms with van der Waals surface area (Å²) in [6, 6.07) is 6.03. The maximum absolute atomic E-state index is 13.1. The number of rotatable bonds is 4. The van der Waals surface area contributed by atoms with Crippen LogP contribution in [0.25, 0.3) is 0 Å². The average molecular weight is 426 g/mol. The van der Waals surface area contributed by atoms with Crippen LogP contribution in [0.2, 0.25) is 0 Å². The Balaban J connectivity index is 1.41. The van der Waals surface area contributed by atoms with Crippen LogP contribution >= 0.6 is 0 Å². The highest BCUT2D eigenvalue weighted by atomic mass is 19.1. The lowest BCUT2D eigenvalue weighted by Gasteiger charge is -2.32. The van der Waals surface area contributed by atoms with Gasteiger partial charge in [0.05, 0.1) is 30.9 Å². The summed E-state index contributed by atoms with van der Waals surface area (Å²) < 4.78 is 18.4. The molecule has 0 aliphatic carbocycles. The first-order valence-corrected chi connectivity index (χ1v) is 10.7. The Morgan fingerprint density at radius 3 is 2.58 bits per heavy atom. The molecule has 2 amide bonds. The molecule has 31 heavy (non-hydrogen) atoms. The summed E-state index contributed by atoms with van der Waals surface area (Å²) in [4.78, 5) is 38.2. The summed E-state index contributed by atoms with van der Waals surface area (Å²) in [5.74, 6) is 0.365. The molecular formula is C23H27FN4O3. The topological polar surface area (TPSA) is 75.6 Å². The van der Waals surface area contributed by atoms with Gasteiger partial charge in [0.1, 0.15) is 11.6 Å². The largest absolute Gasteiger partial charge is 0.378 e. The number of aryl methyl sites for hydroxylation is 1. The average Bonchev–Trinajstić information content (AvgIpc) is 2.80. The summed E-state index contributed by atoms with van der Waals surface area (Å²) >= 11 is 0. The second-order valence-electron chi connectivity index (χ2n) is 8.11. The van der Waals surface area contributed by atoms with Gasteiger partial charge >= 0.3 is 0 Å². The highest BCUT2D eigenvalue weighted by Gasteiger charge is 2.28. The molecule has 3 heterocycles. The molecule has 0 spiro atoms. The Kier molecular flexibility index (Phi) is 6.56. The zero-order valence-electron chi connectivity index (χ0n) is 17.7. The van der Waals surface area contributed by atoms with Gasteiger partial charge in [0.25, 0.3) is 5.91 Å². The van der Waals surface area contributed by atoms with Crippen molar-refractivity contribution in [3.8, 4) is 0 Å². The molecular weight excluding hydrogens is 399 g/mol. The zero-order valence-corrected chi connectivity index (χ0v) is 17.7. The minimum atomic E-state index is -0.308. The van der Waals surface area contributed by atoms with E-state index >= 15 is 0 Å². The minimum absolute atomic E-state index is 0.0205. The van der Waals surface area contributed by atoms with Crippen LogP contribution < -0.4 is 0 Å². The molecule has 2 aromatic rings. The van der Waals surface area contributed by atoms with Gasteiger partial charge in [0.15, 0.2) is 0 Å². The number of amides is 2. The van der Waals surface area contributed by atoms with Crippen LogP contribution in [0.5, 0.6) is 0 Å². The number of nitrogens with zero attached hydrogens (tertiary/aromatic N) is 4. The standard InChI is InChI=1S/C23H27FN4O3/c1-16-20(23(30)27-9-11-31-12-10-27)14-25-22(26-16)18-3-2-8-28(15-18)21(29)13-17-4-6-19(24)7-5-17/h4-7,14,18H,2-3,8-13,15H2,1H3/t18-/m0/s1. The lowest BCUT2D eigenvalue weighted by atomic mass is 9.96. The number of piperidine rings is 1. The molecule has 0 saturated carbocycles. The maximum Gasteiger partial charge on any atom is 0.257 e. The smallest absolute Gasteiger partial charge is 0.257 e. The SMILES string of the molecule is Cc1nc([C@H]2CCCN(C(=O)Cc3ccc(F)cc3)C2)ncc1C(=O)N1CCOCC1. The van der Waals surface area contributed by atoms with E-state index in [-0.39, 0.29) is 30.0 Å². The van der Waals surface area contributed by atoms with Gasteiger partial charge in [0, 0.05) is 38.3 Å². The van der Waals surface area contributed by atoms with Gasteiger partial charge in [-0.15, -0.1) is 0 Å². The monoisotopic (exact) mass is 426 g/mol. The van der Waals surface area contributed by atoms with E-state index < -0.39 is 0 Å². The van der Waals surface area contributed by atoms with Crippen LogP contribution in [0.3, 0.4) is 0 Å². The Labute approximate surface area is 181 Å². The summed E-state index contributed by atoms with van der Waals surface area (Å²) in [5.41, 5.74) is 1.98. The number of carbonyl (C=O) groups is 2. The summed E-state index contributed by atoms with van der Waals surface area (Å²) in [5, 5.41) is 0. The van der Waals surface area contributed by atoms with Crippen molar-refractivity contribution in [3.05, 3.63) is 58.9 Å². The van der Waals surface area contributed by atoms with Crippen LogP contribution in [0.15, 0.2) is 30.5 Å². The normalized spacial score (nSPS) is 19.4. The fourth-order valence-corrected chi connectivity index (χ4v) is 4.13. The van der Waals surface area contributed by atoms with E-state index in [1.807, 2.05) is 11.8 Å². The molecule has 8 heteroatoms. The van der Waals surface area contributed by atoms with Gasteiger partial charge in [-0.05, 0) is 37.5 Å². The fraction of sp³-hybridized carbons (Fsp3) is 0.478. The molecule has 164 valence electrons. The van der Waals surface area contributed by atoms with Gasteiger partial charge in [-0.25, -0.2) is 14.4 Å². The summed E-state index contributed by atoms with van der Waals surface area (Å²) in [7, 11) is 0. The third-order valence-electron chi connectivity index (χ3n) is 5.93. The van der Waals surface area contributed by atoms with Gasteiger partial charge in [-0.2, -0.15) is 0 Å². The van der Waals surface area contributed by atoms with E-state index in [0.717, 1.165) is 18.4 Å². The van der Waals surface area contributed by atoms with Gasteiger partial charge in [0.2, 0.25) is 5.91 Å². The van der Waals surface area contributed by atoms with Crippen molar-refractivity contribution >= 4 is 11.8 Å². The fourth-order valence-electron chi connectivity index (χ4n) is 4.13.